The number of hydrogen-bond donors (Lipinski definition) is 0. The van der Waals surface area contributed by atoms with Crippen LogP contribution in [0, 0.1) is 0 Å². The summed E-state index contributed by atoms with van der Waals surface area (Å²) in [6.07, 6.45) is 83.3. The normalized spacial score (nSPS) is 13.0. The fraction of sp³-hybridized carbons (Fsp3) is 0.657. The van der Waals surface area contributed by atoms with E-state index in [1.54, 1.807) is 0 Å². The second-order valence-corrected chi connectivity index (χ2v) is 19.5. The number of esters is 3. The lowest BCUT2D eigenvalue weighted by Gasteiger charge is -2.18. The Balaban J connectivity index is 4.45. The van der Waals surface area contributed by atoms with E-state index in [9.17, 15) is 14.4 Å². The number of carbonyl (C=O) groups is 3. The number of hydrogen-bond acceptors (Lipinski definition) is 6. The molecular weight excluding hydrogens is 901 g/mol. The fourth-order valence-corrected chi connectivity index (χ4v) is 7.98. The van der Waals surface area contributed by atoms with E-state index in [0.717, 1.165) is 122 Å². The van der Waals surface area contributed by atoms with E-state index < -0.39 is 6.10 Å². The van der Waals surface area contributed by atoms with Crippen LogP contribution in [0.3, 0.4) is 0 Å². The smallest absolute Gasteiger partial charge is 0.306 e. The van der Waals surface area contributed by atoms with Gasteiger partial charge < -0.3 is 14.2 Å². The molecule has 0 amide bonds. The highest BCUT2D eigenvalue weighted by molar-refractivity contribution is 5.71. The minimum atomic E-state index is -0.806. The molecule has 6 nitrogen and oxygen atoms in total. The Bertz CT molecular complexity index is 1540. The molecule has 0 radical (unpaired) electrons. The number of allylic oxidation sites excluding steroid dienone is 20. The zero-order valence-electron chi connectivity index (χ0n) is 47.4. The summed E-state index contributed by atoms with van der Waals surface area (Å²) in [5, 5.41) is 0. The molecule has 0 aliphatic carbocycles. The Morgan fingerprint density at radius 3 is 0.877 bits per heavy atom. The lowest BCUT2D eigenvalue weighted by molar-refractivity contribution is -0.167. The van der Waals surface area contributed by atoms with E-state index in [2.05, 4.69) is 142 Å². The molecule has 0 N–H and O–H groups in total. The van der Waals surface area contributed by atoms with Crippen molar-refractivity contribution >= 4 is 17.9 Å². The van der Waals surface area contributed by atoms with E-state index in [-0.39, 0.29) is 31.1 Å². The van der Waals surface area contributed by atoms with Crippen molar-refractivity contribution in [2.75, 3.05) is 13.2 Å². The van der Waals surface area contributed by atoms with E-state index in [1.807, 2.05) is 0 Å². The highest BCUT2D eigenvalue weighted by Crippen LogP contribution is 2.14. The molecule has 0 aliphatic heterocycles. The fourth-order valence-electron chi connectivity index (χ4n) is 7.98. The van der Waals surface area contributed by atoms with Crippen molar-refractivity contribution in [2.24, 2.45) is 0 Å². The molecule has 0 bridgehead atoms. The van der Waals surface area contributed by atoms with Gasteiger partial charge in [0.2, 0.25) is 0 Å². The standard InChI is InChI=1S/C67H110O6/c1-4-7-10-13-16-19-22-25-28-30-31-32-33-34-35-37-39-42-45-48-51-54-57-60-66(69)72-63-64(62-71-65(68)59-56-53-50-47-44-41-38-27-24-21-18-15-12-9-6-3)73-67(70)61-58-55-52-49-46-43-40-36-29-26-23-20-17-14-11-8-5-2/h7,9-10,12,16,18-19,21,25-29,31-32,34-35,38,44,47,64H,4-6,8,11,13-15,17,20,22-24,30,33,36-37,39-43,45-46,48-63H2,1-3H3/b10-7-,12-9-,19-16-,21-18-,28-25-,29-26-,32-31-,35-34-,38-27-,47-44-. The lowest BCUT2D eigenvalue weighted by Crippen LogP contribution is -2.30. The molecule has 414 valence electrons. The van der Waals surface area contributed by atoms with Gasteiger partial charge in [0.15, 0.2) is 6.10 Å². The number of carbonyl (C=O) groups excluding carboxylic acids is 3. The van der Waals surface area contributed by atoms with Gasteiger partial charge in [-0.15, -0.1) is 0 Å². The van der Waals surface area contributed by atoms with Gasteiger partial charge in [-0.2, -0.15) is 0 Å². The molecule has 0 rings (SSSR count). The monoisotopic (exact) mass is 1010 g/mol. The van der Waals surface area contributed by atoms with Crippen LogP contribution in [0.25, 0.3) is 0 Å². The highest BCUT2D eigenvalue weighted by Gasteiger charge is 2.19. The average molecular weight is 1010 g/mol. The van der Waals surface area contributed by atoms with Crippen molar-refractivity contribution in [1.82, 2.24) is 0 Å². The molecule has 73 heavy (non-hydrogen) atoms. The topological polar surface area (TPSA) is 78.9 Å². The second-order valence-electron chi connectivity index (χ2n) is 19.5. The van der Waals surface area contributed by atoms with Gasteiger partial charge in [0.25, 0.3) is 0 Å². The first-order chi connectivity index (χ1) is 36.0. The van der Waals surface area contributed by atoms with Gasteiger partial charge in [-0.25, -0.2) is 0 Å². The molecular formula is C67H110O6. The van der Waals surface area contributed by atoms with Crippen LogP contribution in [0.1, 0.15) is 265 Å². The van der Waals surface area contributed by atoms with Crippen molar-refractivity contribution in [2.45, 2.75) is 271 Å². The van der Waals surface area contributed by atoms with Crippen LogP contribution < -0.4 is 0 Å². The zero-order chi connectivity index (χ0) is 52.9. The quantitative estimate of drug-likeness (QED) is 0.0261. The predicted octanol–water partition coefficient (Wildman–Crippen LogP) is 20.4. The van der Waals surface area contributed by atoms with Gasteiger partial charge in [-0.1, -0.05) is 239 Å². The highest BCUT2D eigenvalue weighted by atomic mass is 16.6. The summed E-state index contributed by atoms with van der Waals surface area (Å²) >= 11 is 0. The van der Waals surface area contributed by atoms with Crippen molar-refractivity contribution in [3.8, 4) is 0 Å². The summed E-state index contributed by atoms with van der Waals surface area (Å²) in [6.45, 7) is 6.36. The van der Waals surface area contributed by atoms with Gasteiger partial charge in [0.1, 0.15) is 13.2 Å². The van der Waals surface area contributed by atoms with Crippen LogP contribution in [0.15, 0.2) is 122 Å². The Kier molecular flexibility index (Phi) is 56.9. The Morgan fingerprint density at radius 1 is 0.288 bits per heavy atom. The van der Waals surface area contributed by atoms with Crippen LogP contribution in [0.2, 0.25) is 0 Å². The Morgan fingerprint density at radius 2 is 0.534 bits per heavy atom. The molecule has 0 aromatic carbocycles. The molecule has 6 heteroatoms. The minimum absolute atomic E-state index is 0.101. The van der Waals surface area contributed by atoms with Gasteiger partial charge in [0, 0.05) is 19.3 Å². The summed E-state index contributed by atoms with van der Waals surface area (Å²) < 4.78 is 16.9. The SMILES string of the molecule is CC/C=C\C/C=C\C/C=C\C/C=C\C/C=C\CCCCCCCCCC(=O)OCC(COC(=O)CCCC/C=C\C/C=C\C/C=C\C/C=C\CC)OC(=O)CCCCCCCCC/C=C\CCCCCCCC. The van der Waals surface area contributed by atoms with Gasteiger partial charge >= 0.3 is 17.9 Å². The molecule has 0 saturated carbocycles. The third-order valence-corrected chi connectivity index (χ3v) is 12.4. The minimum Gasteiger partial charge on any atom is -0.462 e. The number of unbranched alkanes of at least 4 members (excludes halogenated alkanes) is 22. The number of rotatable bonds is 53. The summed E-state index contributed by atoms with van der Waals surface area (Å²) in [6, 6.07) is 0. The first-order valence-corrected chi connectivity index (χ1v) is 30.0. The second kappa shape index (κ2) is 60.4. The van der Waals surface area contributed by atoms with E-state index >= 15 is 0 Å². The van der Waals surface area contributed by atoms with Crippen molar-refractivity contribution in [3.63, 3.8) is 0 Å². The number of ether oxygens (including phenoxy) is 3. The largest absolute Gasteiger partial charge is 0.462 e. The van der Waals surface area contributed by atoms with Crippen LogP contribution in [-0.2, 0) is 28.6 Å². The Hall–Kier alpha value is -4.19. The lowest BCUT2D eigenvalue weighted by atomic mass is 10.1. The van der Waals surface area contributed by atoms with Crippen LogP contribution in [0.4, 0.5) is 0 Å². The molecule has 0 heterocycles. The zero-order valence-corrected chi connectivity index (χ0v) is 47.4. The average Bonchev–Trinajstić information content (AvgIpc) is 3.39. The first-order valence-electron chi connectivity index (χ1n) is 30.0. The molecule has 0 aromatic heterocycles. The van der Waals surface area contributed by atoms with E-state index in [0.29, 0.717) is 19.3 Å². The van der Waals surface area contributed by atoms with Gasteiger partial charge in [-0.05, 0) is 128 Å². The van der Waals surface area contributed by atoms with Crippen molar-refractivity contribution < 1.29 is 28.6 Å². The maximum Gasteiger partial charge on any atom is 0.306 e. The van der Waals surface area contributed by atoms with Crippen LogP contribution in [-0.4, -0.2) is 37.2 Å². The molecule has 0 aromatic rings. The molecule has 0 aliphatic rings. The molecule has 0 saturated heterocycles. The van der Waals surface area contributed by atoms with Crippen molar-refractivity contribution in [3.05, 3.63) is 122 Å². The van der Waals surface area contributed by atoms with E-state index in [1.165, 1.54) is 103 Å². The first kappa shape index (κ1) is 68.8. The maximum atomic E-state index is 12.9. The summed E-state index contributed by atoms with van der Waals surface area (Å²) in [5.74, 6) is -0.957. The van der Waals surface area contributed by atoms with Crippen LogP contribution >= 0.6 is 0 Å². The summed E-state index contributed by atoms with van der Waals surface area (Å²) in [7, 11) is 0. The molecule has 0 spiro atoms. The summed E-state index contributed by atoms with van der Waals surface area (Å²) in [5.41, 5.74) is 0. The maximum absolute atomic E-state index is 12.9. The molecule has 1 unspecified atom stereocenters. The molecule has 0 fully saturated rings. The van der Waals surface area contributed by atoms with Gasteiger partial charge in [0.05, 0.1) is 0 Å². The summed E-state index contributed by atoms with van der Waals surface area (Å²) in [4.78, 5) is 38.2. The van der Waals surface area contributed by atoms with Gasteiger partial charge in [-0.3, -0.25) is 14.4 Å². The molecule has 1 atom stereocenters. The predicted molar refractivity (Wildman–Crippen MR) is 316 cm³/mol. The van der Waals surface area contributed by atoms with E-state index in [4.69, 9.17) is 14.2 Å². The third kappa shape index (κ3) is 58.6. The van der Waals surface area contributed by atoms with Crippen molar-refractivity contribution in [1.29, 1.82) is 0 Å². The third-order valence-electron chi connectivity index (χ3n) is 12.4. The Labute approximate surface area is 450 Å². The van der Waals surface area contributed by atoms with Crippen LogP contribution in [0.5, 0.6) is 0 Å².